The van der Waals surface area contributed by atoms with E-state index in [1.165, 1.54) is 6.20 Å². The molecule has 3 rings (SSSR count). The Labute approximate surface area is 143 Å². The smallest absolute Gasteiger partial charge is 0.341 e. The Bertz CT molecular complexity index is 932. The van der Waals surface area contributed by atoms with Gasteiger partial charge in [0, 0.05) is 30.4 Å². The molecule has 1 fully saturated rings. The van der Waals surface area contributed by atoms with Crippen molar-refractivity contribution in [2.75, 3.05) is 11.4 Å². The third-order valence-corrected chi connectivity index (χ3v) is 4.66. The Morgan fingerprint density at radius 2 is 2.08 bits per heavy atom. The van der Waals surface area contributed by atoms with Gasteiger partial charge in [-0.2, -0.15) is 0 Å². The monoisotopic (exact) mass is 348 g/mol. The van der Waals surface area contributed by atoms with Crippen molar-refractivity contribution in [1.29, 1.82) is 0 Å². The molecule has 1 aliphatic rings. The van der Waals surface area contributed by atoms with Gasteiger partial charge in [0.1, 0.15) is 11.2 Å². The number of carbonyl (C=O) groups is 1. The van der Waals surface area contributed by atoms with E-state index in [1.807, 2.05) is 27.7 Å². The van der Waals surface area contributed by atoms with E-state index >= 15 is 0 Å². The third-order valence-electron chi connectivity index (χ3n) is 4.66. The van der Waals surface area contributed by atoms with Crippen LogP contribution in [-0.4, -0.2) is 39.3 Å². The van der Waals surface area contributed by atoms with E-state index in [0.717, 1.165) is 6.07 Å². The minimum absolute atomic E-state index is 0.0476. The summed E-state index contributed by atoms with van der Waals surface area (Å²) in [4.78, 5) is 30.0. The lowest BCUT2D eigenvalue weighted by Gasteiger charge is -2.45. The summed E-state index contributed by atoms with van der Waals surface area (Å²) in [6.45, 7) is 7.92. The predicted molar refractivity (Wildman–Crippen MR) is 92.7 cm³/mol. The van der Waals surface area contributed by atoms with E-state index in [0.29, 0.717) is 6.54 Å². The summed E-state index contributed by atoms with van der Waals surface area (Å²) in [5.74, 6) is -1.88. The van der Waals surface area contributed by atoms with Crippen LogP contribution in [0.4, 0.5) is 10.2 Å². The van der Waals surface area contributed by atoms with Crippen molar-refractivity contribution in [3.8, 4) is 0 Å². The lowest BCUT2D eigenvalue weighted by molar-refractivity contribution is 0.0694. The molecule has 7 nitrogen and oxygen atoms in total. The van der Waals surface area contributed by atoms with Gasteiger partial charge in [0.2, 0.25) is 5.43 Å². The number of aromatic carboxylic acids is 1. The Balaban J connectivity index is 2.34. The fourth-order valence-electron chi connectivity index (χ4n) is 3.00. The number of rotatable bonds is 2. The molecule has 0 bridgehead atoms. The number of hydrogen-bond donors (Lipinski definition) is 2. The average Bonchev–Trinajstić information content (AvgIpc) is 2.51. The molecule has 1 saturated heterocycles. The van der Waals surface area contributed by atoms with E-state index < -0.39 is 28.3 Å². The summed E-state index contributed by atoms with van der Waals surface area (Å²) in [7, 11) is 0. The van der Waals surface area contributed by atoms with Gasteiger partial charge in [-0.25, -0.2) is 14.2 Å². The number of anilines is 1. The topological polar surface area (TPSA) is 101 Å². The van der Waals surface area contributed by atoms with Gasteiger partial charge in [0.15, 0.2) is 11.6 Å². The molecule has 1 aliphatic heterocycles. The lowest BCUT2D eigenvalue weighted by Crippen LogP contribution is -2.63. The van der Waals surface area contributed by atoms with Crippen molar-refractivity contribution >= 4 is 22.8 Å². The van der Waals surface area contributed by atoms with Crippen LogP contribution in [0.5, 0.6) is 0 Å². The van der Waals surface area contributed by atoms with Crippen LogP contribution in [0.2, 0.25) is 0 Å². The summed E-state index contributed by atoms with van der Waals surface area (Å²) in [6, 6.07) is 0.953. The van der Waals surface area contributed by atoms with Crippen LogP contribution in [0.1, 0.15) is 38.1 Å². The summed E-state index contributed by atoms with van der Waals surface area (Å²) >= 11 is 0. The van der Waals surface area contributed by atoms with Crippen molar-refractivity contribution in [3.05, 3.63) is 33.9 Å². The van der Waals surface area contributed by atoms with Crippen LogP contribution in [0.3, 0.4) is 0 Å². The zero-order valence-corrected chi connectivity index (χ0v) is 14.6. The first-order chi connectivity index (χ1) is 11.5. The second-order valence-electron chi connectivity index (χ2n) is 7.44. The van der Waals surface area contributed by atoms with Crippen molar-refractivity contribution in [3.63, 3.8) is 0 Å². The van der Waals surface area contributed by atoms with Gasteiger partial charge >= 0.3 is 5.97 Å². The molecule has 25 heavy (non-hydrogen) atoms. The summed E-state index contributed by atoms with van der Waals surface area (Å²) in [6.07, 6.45) is 1.27. The number of carboxylic acid groups (broad SMARTS) is 1. The van der Waals surface area contributed by atoms with Crippen LogP contribution < -0.4 is 16.1 Å². The van der Waals surface area contributed by atoms with Crippen LogP contribution in [0.25, 0.3) is 11.0 Å². The Kier molecular flexibility index (Phi) is 3.83. The van der Waals surface area contributed by atoms with Gasteiger partial charge in [-0.3, -0.25) is 4.79 Å². The maximum atomic E-state index is 14.6. The molecule has 2 aromatic heterocycles. The quantitative estimate of drug-likeness (QED) is 0.853. The average molecular weight is 348 g/mol. The SMILES string of the molecule is C[C@@H]1[C@@H](N)CN1c1nc2c(cc1F)c(=O)c(C(=O)O)cn2C(C)(C)C. The summed E-state index contributed by atoms with van der Waals surface area (Å²) < 4.78 is 16.2. The molecule has 0 radical (unpaired) electrons. The molecule has 3 heterocycles. The van der Waals surface area contributed by atoms with Crippen molar-refractivity contribution in [2.45, 2.75) is 45.3 Å². The standard InChI is InChI=1S/C17H21FN4O3/c1-8-12(19)7-21(8)15-11(18)5-9-13(23)10(16(24)25)6-22(14(9)20-15)17(2,3)4/h5-6,8,12H,7,19H2,1-4H3,(H,24,25)/t8-,12+/m1/s1. The van der Waals surface area contributed by atoms with Crippen LogP contribution in [0.15, 0.2) is 17.1 Å². The largest absolute Gasteiger partial charge is 0.477 e. The molecule has 2 atom stereocenters. The molecule has 0 aromatic carbocycles. The van der Waals surface area contributed by atoms with Gasteiger partial charge in [-0.05, 0) is 33.8 Å². The van der Waals surface area contributed by atoms with Gasteiger partial charge in [-0.15, -0.1) is 0 Å². The fourth-order valence-corrected chi connectivity index (χ4v) is 3.00. The van der Waals surface area contributed by atoms with E-state index in [4.69, 9.17) is 5.73 Å². The third kappa shape index (κ3) is 2.66. The summed E-state index contributed by atoms with van der Waals surface area (Å²) in [5, 5.41) is 9.24. The van der Waals surface area contributed by atoms with E-state index in [9.17, 15) is 19.1 Å². The molecule has 0 amide bonds. The van der Waals surface area contributed by atoms with Crippen molar-refractivity contribution < 1.29 is 14.3 Å². The van der Waals surface area contributed by atoms with Crippen molar-refractivity contribution in [2.24, 2.45) is 5.73 Å². The molecule has 134 valence electrons. The Morgan fingerprint density at radius 1 is 1.44 bits per heavy atom. The van der Waals surface area contributed by atoms with Gasteiger partial charge in [-0.1, -0.05) is 0 Å². The molecule has 0 spiro atoms. The maximum Gasteiger partial charge on any atom is 0.341 e. The number of halogens is 1. The number of carboxylic acids is 1. The van der Waals surface area contributed by atoms with Crippen LogP contribution in [-0.2, 0) is 5.54 Å². The molecule has 2 aromatic rings. The predicted octanol–water partition coefficient (Wildman–Crippen LogP) is 1.52. The highest BCUT2D eigenvalue weighted by Crippen LogP contribution is 2.30. The highest BCUT2D eigenvalue weighted by Gasteiger charge is 2.35. The normalized spacial score (nSPS) is 20.6. The van der Waals surface area contributed by atoms with Crippen LogP contribution >= 0.6 is 0 Å². The highest BCUT2D eigenvalue weighted by molar-refractivity contribution is 5.92. The number of nitrogens with zero attached hydrogens (tertiary/aromatic N) is 3. The van der Waals surface area contributed by atoms with E-state index in [2.05, 4.69) is 4.98 Å². The number of hydrogen-bond acceptors (Lipinski definition) is 5. The van der Waals surface area contributed by atoms with Gasteiger partial charge in [0.05, 0.1) is 5.39 Å². The van der Waals surface area contributed by atoms with Crippen molar-refractivity contribution in [1.82, 2.24) is 9.55 Å². The van der Waals surface area contributed by atoms with Gasteiger partial charge in [0.25, 0.3) is 0 Å². The fraction of sp³-hybridized carbons (Fsp3) is 0.471. The second-order valence-corrected chi connectivity index (χ2v) is 7.44. The minimum atomic E-state index is -1.35. The molecule has 0 saturated carbocycles. The number of aromatic nitrogens is 2. The van der Waals surface area contributed by atoms with E-state index in [-0.39, 0.29) is 28.9 Å². The first-order valence-electron chi connectivity index (χ1n) is 8.04. The Hall–Kier alpha value is -2.48. The highest BCUT2D eigenvalue weighted by atomic mass is 19.1. The molecule has 8 heteroatoms. The first kappa shape index (κ1) is 17.3. The number of nitrogens with two attached hydrogens (primary N) is 1. The number of pyridine rings is 2. The van der Waals surface area contributed by atoms with E-state index in [1.54, 1.807) is 9.47 Å². The molecular weight excluding hydrogens is 327 g/mol. The zero-order valence-electron chi connectivity index (χ0n) is 14.6. The molecule has 3 N–H and O–H groups in total. The Morgan fingerprint density at radius 3 is 2.56 bits per heavy atom. The molecular formula is C17H21FN4O3. The molecule has 0 aliphatic carbocycles. The number of fused-ring (bicyclic) bond motifs is 1. The zero-order chi connectivity index (χ0) is 18.7. The minimum Gasteiger partial charge on any atom is -0.477 e. The lowest BCUT2D eigenvalue weighted by atomic mass is 9.99. The van der Waals surface area contributed by atoms with Gasteiger partial charge < -0.3 is 20.3 Å². The maximum absolute atomic E-state index is 14.6. The summed E-state index contributed by atoms with van der Waals surface area (Å²) in [5.41, 5.74) is 4.44. The second kappa shape index (κ2) is 5.52. The van der Waals surface area contributed by atoms with Crippen LogP contribution in [0, 0.1) is 5.82 Å². The first-order valence-corrected chi connectivity index (χ1v) is 8.04. The molecule has 0 unspecified atom stereocenters.